The van der Waals surface area contributed by atoms with Crippen molar-refractivity contribution in [1.82, 2.24) is 20.1 Å². The molecule has 1 amide bonds. The Morgan fingerprint density at radius 1 is 1.15 bits per heavy atom. The Morgan fingerprint density at radius 2 is 1.81 bits per heavy atom. The highest BCUT2D eigenvalue weighted by Gasteiger charge is 2.55. The van der Waals surface area contributed by atoms with Gasteiger partial charge in [-0.3, -0.25) is 4.79 Å². The summed E-state index contributed by atoms with van der Waals surface area (Å²) >= 11 is 0. The lowest BCUT2D eigenvalue weighted by Crippen LogP contribution is -2.70. The molecule has 0 saturated carbocycles. The zero-order valence-electron chi connectivity index (χ0n) is 15.9. The summed E-state index contributed by atoms with van der Waals surface area (Å²) < 4.78 is 5.59. The van der Waals surface area contributed by atoms with Crippen LogP contribution in [0, 0.1) is 19.8 Å². The van der Waals surface area contributed by atoms with E-state index in [1.165, 1.54) is 5.56 Å². The van der Waals surface area contributed by atoms with Crippen LogP contribution in [0.3, 0.4) is 0 Å². The monoisotopic (exact) mass is 366 g/mol. The number of amides is 1. The van der Waals surface area contributed by atoms with E-state index < -0.39 is 0 Å². The maximum Gasteiger partial charge on any atom is 0.289 e. The zero-order chi connectivity index (χ0) is 18.6. The van der Waals surface area contributed by atoms with E-state index in [4.69, 9.17) is 4.42 Å². The molecular weight excluding hydrogens is 340 g/mol. The number of fused-ring (bicyclic) bond motifs is 1. The lowest BCUT2D eigenvalue weighted by Gasteiger charge is -2.55. The molecule has 1 aromatic carbocycles. The first-order valence-electron chi connectivity index (χ1n) is 9.80. The predicted molar refractivity (Wildman–Crippen MR) is 102 cm³/mol. The first kappa shape index (κ1) is 17.0. The van der Waals surface area contributed by atoms with Gasteiger partial charge in [0.05, 0.1) is 5.69 Å². The third-order valence-corrected chi connectivity index (χ3v) is 6.54. The van der Waals surface area contributed by atoms with Gasteiger partial charge in [0.15, 0.2) is 5.89 Å². The van der Waals surface area contributed by atoms with Crippen LogP contribution in [0.4, 0.5) is 0 Å². The Kier molecular flexibility index (Phi) is 3.88. The number of benzene rings is 1. The fourth-order valence-electron chi connectivity index (χ4n) is 5.52. The Morgan fingerprint density at radius 3 is 2.41 bits per heavy atom. The molecule has 5 heterocycles. The minimum Gasteiger partial charge on any atom is -0.436 e. The molecule has 2 aromatic rings. The highest BCUT2D eigenvalue weighted by Crippen LogP contribution is 2.43. The minimum atomic E-state index is -0.135. The van der Waals surface area contributed by atoms with Crippen molar-refractivity contribution in [3.05, 3.63) is 53.2 Å². The molecule has 142 valence electrons. The lowest BCUT2D eigenvalue weighted by atomic mass is 9.64. The van der Waals surface area contributed by atoms with E-state index in [1.54, 1.807) is 6.92 Å². The zero-order valence-corrected chi connectivity index (χ0v) is 15.9. The average molecular weight is 366 g/mol. The molecule has 27 heavy (non-hydrogen) atoms. The molecular formula is C21H26N4O2. The van der Waals surface area contributed by atoms with Crippen LogP contribution in [0.1, 0.15) is 27.7 Å². The maximum atomic E-state index is 13.1. The van der Waals surface area contributed by atoms with Crippen molar-refractivity contribution < 1.29 is 9.21 Å². The molecule has 0 aliphatic carbocycles. The fraction of sp³-hybridized carbons (Fsp3) is 0.524. The second-order valence-corrected chi connectivity index (χ2v) is 8.35. The molecule has 1 aromatic heterocycles. The Balaban J connectivity index is 1.53. The van der Waals surface area contributed by atoms with E-state index in [0.717, 1.165) is 39.3 Å². The normalized spacial score (nSPS) is 34.4. The SMILES string of the molecule is Cc1nc(C)c(C(=O)NC2C3CN4CCN(C3)CC2(c2ccccc2)C4)o1. The summed E-state index contributed by atoms with van der Waals surface area (Å²) in [5.74, 6) is 1.17. The van der Waals surface area contributed by atoms with Crippen LogP contribution in [0.25, 0.3) is 0 Å². The van der Waals surface area contributed by atoms with E-state index in [2.05, 4.69) is 50.4 Å². The second kappa shape index (κ2) is 6.17. The van der Waals surface area contributed by atoms with Gasteiger partial charge in [0.2, 0.25) is 5.76 Å². The molecule has 4 aliphatic heterocycles. The molecule has 6 nitrogen and oxygen atoms in total. The van der Waals surface area contributed by atoms with Crippen LogP contribution in [-0.4, -0.2) is 66.0 Å². The molecule has 4 aliphatic rings. The van der Waals surface area contributed by atoms with Gasteiger partial charge in [-0.05, 0) is 12.5 Å². The third kappa shape index (κ3) is 2.70. The van der Waals surface area contributed by atoms with Crippen LogP contribution in [-0.2, 0) is 5.41 Å². The van der Waals surface area contributed by atoms with Gasteiger partial charge in [-0.2, -0.15) is 0 Å². The number of carbonyl (C=O) groups is 1. The third-order valence-electron chi connectivity index (χ3n) is 6.54. The van der Waals surface area contributed by atoms with E-state index >= 15 is 0 Å². The topological polar surface area (TPSA) is 61.6 Å². The summed E-state index contributed by atoms with van der Waals surface area (Å²) in [5, 5.41) is 3.37. The number of carbonyl (C=O) groups excluding carboxylic acids is 1. The second-order valence-electron chi connectivity index (χ2n) is 8.35. The highest BCUT2D eigenvalue weighted by atomic mass is 16.4. The number of hydrogen-bond acceptors (Lipinski definition) is 5. The van der Waals surface area contributed by atoms with Gasteiger partial charge >= 0.3 is 0 Å². The molecule has 4 fully saturated rings. The van der Waals surface area contributed by atoms with Gasteiger partial charge < -0.3 is 19.5 Å². The summed E-state index contributed by atoms with van der Waals surface area (Å²) in [7, 11) is 0. The molecule has 3 atom stereocenters. The number of rotatable bonds is 3. The summed E-state index contributed by atoms with van der Waals surface area (Å²) in [6.07, 6.45) is 0. The van der Waals surface area contributed by atoms with E-state index in [0.29, 0.717) is 23.3 Å². The van der Waals surface area contributed by atoms with Crippen molar-refractivity contribution >= 4 is 5.91 Å². The van der Waals surface area contributed by atoms with Crippen molar-refractivity contribution in [3.8, 4) is 0 Å². The largest absolute Gasteiger partial charge is 0.436 e. The fourth-order valence-corrected chi connectivity index (χ4v) is 5.52. The van der Waals surface area contributed by atoms with Crippen molar-refractivity contribution in [1.29, 1.82) is 0 Å². The number of nitrogens with one attached hydrogen (secondary N) is 1. The van der Waals surface area contributed by atoms with Gasteiger partial charge in [0.25, 0.3) is 5.91 Å². The van der Waals surface area contributed by atoms with Gasteiger partial charge in [-0.15, -0.1) is 0 Å². The lowest BCUT2D eigenvalue weighted by molar-refractivity contribution is 0.0174. The van der Waals surface area contributed by atoms with Crippen molar-refractivity contribution in [2.24, 2.45) is 5.92 Å². The summed E-state index contributed by atoms with van der Waals surface area (Å²) in [6.45, 7) is 9.92. The van der Waals surface area contributed by atoms with E-state index in [-0.39, 0.29) is 17.4 Å². The van der Waals surface area contributed by atoms with Crippen LogP contribution in [0.2, 0.25) is 0 Å². The minimum absolute atomic E-state index is 0.0858. The van der Waals surface area contributed by atoms with Crippen molar-refractivity contribution in [3.63, 3.8) is 0 Å². The molecule has 6 rings (SSSR count). The summed E-state index contributed by atoms with van der Waals surface area (Å²) in [5.41, 5.74) is 1.90. The first-order chi connectivity index (χ1) is 13.0. The predicted octanol–water partition coefficient (Wildman–Crippen LogP) is 1.59. The molecule has 1 N–H and O–H groups in total. The molecule has 3 unspecified atom stereocenters. The maximum absolute atomic E-state index is 13.1. The number of aryl methyl sites for hydroxylation is 2. The van der Waals surface area contributed by atoms with Crippen LogP contribution in [0.5, 0.6) is 0 Å². The Labute approximate surface area is 159 Å². The summed E-state index contributed by atoms with van der Waals surface area (Å²) in [4.78, 5) is 22.5. The average Bonchev–Trinajstić information content (AvgIpc) is 2.82. The van der Waals surface area contributed by atoms with Gasteiger partial charge in [-0.25, -0.2) is 4.98 Å². The smallest absolute Gasteiger partial charge is 0.289 e. The standard InChI is InChI=1S/C21H26N4O2/c1-14-18(27-15(2)22-14)20(26)23-19-16-10-24-8-9-25(11-16)13-21(19,12-24)17-6-4-3-5-7-17/h3-7,16,19H,8-13H2,1-2H3,(H,23,26). The number of piperidine rings is 2. The van der Waals surface area contributed by atoms with Gasteiger partial charge in [0.1, 0.15) is 0 Å². The quantitative estimate of drug-likeness (QED) is 0.894. The number of oxazole rings is 1. The van der Waals surface area contributed by atoms with Crippen molar-refractivity contribution in [2.75, 3.05) is 39.3 Å². The van der Waals surface area contributed by atoms with Gasteiger partial charge in [0, 0.05) is 63.6 Å². The number of aromatic nitrogens is 1. The van der Waals surface area contributed by atoms with E-state index in [1.807, 2.05) is 6.92 Å². The Hall–Kier alpha value is -2.18. The van der Waals surface area contributed by atoms with E-state index in [9.17, 15) is 4.79 Å². The molecule has 0 radical (unpaired) electrons. The van der Waals surface area contributed by atoms with Crippen LogP contribution >= 0.6 is 0 Å². The van der Waals surface area contributed by atoms with Crippen LogP contribution < -0.4 is 5.32 Å². The Bertz CT molecular complexity index is 846. The number of nitrogens with zero attached hydrogens (tertiary/aromatic N) is 3. The van der Waals surface area contributed by atoms with Crippen molar-refractivity contribution in [2.45, 2.75) is 25.3 Å². The summed E-state index contributed by atoms with van der Waals surface area (Å²) in [6, 6.07) is 10.8. The molecule has 0 spiro atoms. The van der Waals surface area contributed by atoms with Gasteiger partial charge in [-0.1, -0.05) is 30.3 Å². The first-order valence-corrected chi connectivity index (χ1v) is 9.80. The molecule has 6 heteroatoms. The molecule has 4 bridgehead atoms. The highest BCUT2D eigenvalue weighted by molar-refractivity contribution is 5.92. The number of hydrogen-bond donors (Lipinski definition) is 1. The van der Waals surface area contributed by atoms with Crippen LogP contribution in [0.15, 0.2) is 34.7 Å². The molecule has 4 saturated heterocycles.